The largest absolute Gasteiger partial charge is 0.274 e. The highest BCUT2D eigenvalue weighted by Gasteiger charge is 2.13. The molecule has 3 heterocycles. The monoisotopic (exact) mass is 307 g/mol. The standard InChI is InChI=1S/C10H10BrN7/c1-16-5-7(3-12-16)18-6-9(14-15-18)10-8(11)4-13-17(10)2/h3-6H,1-2H3. The van der Waals surface area contributed by atoms with Gasteiger partial charge < -0.3 is 0 Å². The first kappa shape index (κ1) is 11.1. The van der Waals surface area contributed by atoms with E-state index in [1.54, 1.807) is 26.4 Å². The molecule has 0 radical (unpaired) electrons. The van der Waals surface area contributed by atoms with Crippen molar-refractivity contribution in [1.29, 1.82) is 0 Å². The summed E-state index contributed by atoms with van der Waals surface area (Å²) in [6, 6.07) is 0. The van der Waals surface area contributed by atoms with Gasteiger partial charge in [0, 0.05) is 14.1 Å². The topological polar surface area (TPSA) is 66.3 Å². The highest BCUT2D eigenvalue weighted by molar-refractivity contribution is 9.10. The van der Waals surface area contributed by atoms with Crippen LogP contribution >= 0.6 is 15.9 Å². The van der Waals surface area contributed by atoms with Crippen molar-refractivity contribution in [3.05, 3.63) is 29.3 Å². The van der Waals surface area contributed by atoms with Crippen LogP contribution in [0.1, 0.15) is 0 Å². The van der Waals surface area contributed by atoms with Gasteiger partial charge in [-0.25, -0.2) is 4.68 Å². The molecule has 0 saturated carbocycles. The molecule has 0 unspecified atom stereocenters. The minimum atomic E-state index is 0.755. The van der Waals surface area contributed by atoms with E-state index in [9.17, 15) is 0 Å². The van der Waals surface area contributed by atoms with Crippen LogP contribution in [0.2, 0.25) is 0 Å². The van der Waals surface area contributed by atoms with Gasteiger partial charge in [-0.1, -0.05) is 5.21 Å². The minimum Gasteiger partial charge on any atom is -0.274 e. The van der Waals surface area contributed by atoms with Crippen LogP contribution in [0.25, 0.3) is 17.1 Å². The summed E-state index contributed by atoms with van der Waals surface area (Å²) in [7, 11) is 3.72. The molecule has 18 heavy (non-hydrogen) atoms. The van der Waals surface area contributed by atoms with E-state index in [4.69, 9.17) is 0 Å². The zero-order valence-corrected chi connectivity index (χ0v) is 11.4. The quantitative estimate of drug-likeness (QED) is 0.712. The summed E-state index contributed by atoms with van der Waals surface area (Å²) < 4.78 is 6.04. The van der Waals surface area contributed by atoms with Crippen molar-refractivity contribution in [2.75, 3.05) is 0 Å². The number of halogens is 1. The van der Waals surface area contributed by atoms with Crippen LogP contribution in [0.3, 0.4) is 0 Å². The maximum absolute atomic E-state index is 4.15. The van der Waals surface area contributed by atoms with Gasteiger partial charge in [0.1, 0.15) is 17.1 Å². The van der Waals surface area contributed by atoms with Crippen LogP contribution in [0, 0.1) is 0 Å². The van der Waals surface area contributed by atoms with Gasteiger partial charge in [0.2, 0.25) is 0 Å². The highest BCUT2D eigenvalue weighted by atomic mass is 79.9. The van der Waals surface area contributed by atoms with Gasteiger partial charge in [-0.15, -0.1) is 5.10 Å². The molecule has 3 aromatic rings. The van der Waals surface area contributed by atoms with Crippen LogP contribution in [-0.4, -0.2) is 34.6 Å². The Kier molecular flexibility index (Phi) is 2.51. The van der Waals surface area contributed by atoms with Gasteiger partial charge in [0.15, 0.2) is 0 Å². The number of rotatable bonds is 2. The summed E-state index contributed by atoms with van der Waals surface area (Å²) in [6.07, 6.45) is 7.19. The van der Waals surface area contributed by atoms with Gasteiger partial charge in [-0.3, -0.25) is 9.36 Å². The van der Waals surface area contributed by atoms with E-state index in [-0.39, 0.29) is 0 Å². The third-order valence-electron chi connectivity index (χ3n) is 2.59. The Hall–Kier alpha value is -1.96. The fourth-order valence-electron chi connectivity index (χ4n) is 1.72. The van der Waals surface area contributed by atoms with Gasteiger partial charge in [0.05, 0.1) is 29.3 Å². The average Bonchev–Trinajstić information content (AvgIpc) is 3.00. The number of hydrogen-bond acceptors (Lipinski definition) is 4. The normalized spacial score (nSPS) is 11.1. The van der Waals surface area contributed by atoms with E-state index >= 15 is 0 Å². The predicted octanol–water partition coefficient (Wildman–Crippen LogP) is 1.16. The third-order valence-corrected chi connectivity index (χ3v) is 3.17. The van der Waals surface area contributed by atoms with Crippen LogP contribution in [-0.2, 0) is 14.1 Å². The lowest BCUT2D eigenvalue weighted by atomic mass is 10.3. The smallest absolute Gasteiger partial charge is 0.132 e. The molecule has 0 saturated heterocycles. The number of hydrogen-bond donors (Lipinski definition) is 0. The number of aromatic nitrogens is 7. The fraction of sp³-hybridized carbons (Fsp3) is 0.200. The molecule has 0 N–H and O–H groups in total. The Morgan fingerprint density at radius 3 is 2.56 bits per heavy atom. The highest BCUT2D eigenvalue weighted by Crippen LogP contribution is 2.25. The summed E-state index contributed by atoms with van der Waals surface area (Å²) >= 11 is 3.45. The molecular formula is C10H10BrN7. The lowest BCUT2D eigenvalue weighted by Crippen LogP contribution is -1.94. The predicted molar refractivity (Wildman–Crippen MR) is 68.0 cm³/mol. The second kappa shape index (κ2) is 4.05. The number of nitrogens with zero attached hydrogens (tertiary/aromatic N) is 7. The van der Waals surface area contributed by atoms with Crippen LogP contribution in [0.4, 0.5) is 0 Å². The molecule has 0 aliphatic rings. The molecule has 0 fully saturated rings. The lowest BCUT2D eigenvalue weighted by Gasteiger charge is -1.96. The van der Waals surface area contributed by atoms with Gasteiger partial charge in [-0.05, 0) is 15.9 Å². The molecule has 3 aromatic heterocycles. The Morgan fingerprint density at radius 2 is 1.94 bits per heavy atom. The van der Waals surface area contributed by atoms with Crippen molar-refractivity contribution >= 4 is 15.9 Å². The maximum Gasteiger partial charge on any atom is 0.132 e. The minimum absolute atomic E-state index is 0.755. The van der Waals surface area contributed by atoms with Crippen molar-refractivity contribution in [3.8, 4) is 17.1 Å². The van der Waals surface area contributed by atoms with Crippen molar-refractivity contribution in [1.82, 2.24) is 34.6 Å². The summed E-state index contributed by atoms with van der Waals surface area (Å²) in [5.74, 6) is 0. The first-order valence-corrected chi connectivity index (χ1v) is 6.03. The summed E-state index contributed by atoms with van der Waals surface area (Å²) in [6.45, 7) is 0. The molecular weight excluding hydrogens is 298 g/mol. The van der Waals surface area contributed by atoms with E-state index in [0.29, 0.717) is 0 Å². The van der Waals surface area contributed by atoms with Gasteiger partial charge >= 0.3 is 0 Å². The summed E-state index contributed by atoms with van der Waals surface area (Å²) in [5, 5.41) is 16.5. The molecule has 7 nitrogen and oxygen atoms in total. The van der Waals surface area contributed by atoms with Crippen molar-refractivity contribution in [2.45, 2.75) is 0 Å². The molecule has 92 valence electrons. The SMILES string of the molecule is Cn1cc(-n2cc(-c3c(Br)cnn3C)nn2)cn1. The van der Waals surface area contributed by atoms with E-state index in [0.717, 1.165) is 21.5 Å². The van der Waals surface area contributed by atoms with Crippen molar-refractivity contribution in [2.24, 2.45) is 14.1 Å². The summed E-state index contributed by atoms with van der Waals surface area (Å²) in [4.78, 5) is 0. The zero-order chi connectivity index (χ0) is 12.7. The second-order valence-corrected chi connectivity index (χ2v) is 4.74. The van der Waals surface area contributed by atoms with E-state index in [1.807, 2.05) is 26.5 Å². The zero-order valence-electron chi connectivity index (χ0n) is 9.82. The first-order chi connectivity index (χ1) is 8.65. The molecule has 0 bridgehead atoms. The van der Waals surface area contributed by atoms with E-state index in [1.165, 1.54) is 0 Å². The van der Waals surface area contributed by atoms with Crippen molar-refractivity contribution in [3.63, 3.8) is 0 Å². The number of aryl methyl sites for hydroxylation is 2. The molecule has 0 aliphatic heterocycles. The fourth-order valence-corrected chi connectivity index (χ4v) is 2.28. The van der Waals surface area contributed by atoms with E-state index in [2.05, 4.69) is 36.4 Å². The molecule has 0 spiro atoms. The Morgan fingerprint density at radius 1 is 1.11 bits per heavy atom. The molecule has 0 aliphatic carbocycles. The Labute approximate surface area is 111 Å². The van der Waals surface area contributed by atoms with E-state index < -0.39 is 0 Å². The third kappa shape index (κ3) is 1.74. The Bertz CT molecular complexity index is 673. The van der Waals surface area contributed by atoms with Crippen molar-refractivity contribution < 1.29 is 0 Å². The first-order valence-electron chi connectivity index (χ1n) is 5.24. The summed E-state index contributed by atoms with van der Waals surface area (Å²) in [5.41, 5.74) is 2.52. The lowest BCUT2D eigenvalue weighted by molar-refractivity contribution is 0.762. The maximum atomic E-state index is 4.15. The molecule has 0 aromatic carbocycles. The van der Waals surface area contributed by atoms with Gasteiger partial charge in [-0.2, -0.15) is 10.2 Å². The van der Waals surface area contributed by atoms with Crippen LogP contribution < -0.4 is 0 Å². The second-order valence-electron chi connectivity index (χ2n) is 3.89. The molecule has 0 atom stereocenters. The molecule has 8 heteroatoms. The molecule has 3 rings (SSSR count). The Balaban J connectivity index is 2.04. The molecule has 0 amide bonds. The van der Waals surface area contributed by atoms with Crippen LogP contribution in [0.15, 0.2) is 29.3 Å². The van der Waals surface area contributed by atoms with Crippen LogP contribution in [0.5, 0.6) is 0 Å². The average molecular weight is 308 g/mol. The van der Waals surface area contributed by atoms with Gasteiger partial charge in [0.25, 0.3) is 0 Å².